The van der Waals surface area contributed by atoms with Crippen LogP contribution < -0.4 is 11.1 Å². The molecule has 2 rings (SSSR count). The molecule has 19 heavy (non-hydrogen) atoms. The summed E-state index contributed by atoms with van der Waals surface area (Å²) in [7, 11) is 0. The van der Waals surface area contributed by atoms with E-state index in [0.29, 0.717) is 0 Å². The fourth-order valence-electron chi connectivity index (χ4n) is 1.60. The van der Waals surface area contributed by atoms with Crippen LogP contribution in [0.2, 0.25) is 0 Å². The highest BCUT2D eigenvalue weighted by Crippen LogP contribution is 2.29. The number of benzene rings is 1. The maximum Gasteiger partial charge on any atom is 0.241 e. The van der Waals surface area contributed by atoms with Crippen molar-refractivity contribution in [3.8, 4) is 0 Å². The van der Waals surface area contributed by atoms with Crippen LogP contribution >= 0.6 is 23.1 Å². The molecule has 0 aliphatic carbocycles. The molecular weight excluding hydrogens is 278 g/mol. The van der Waals surface area contributed by atoms with E-state index >= 15 is 0 Å². The lowest BCUT2D eigenvalue weighted by Gasteiger charge is -2.15. The number of amides is 1. The second-order valence-electron chi connectivity index (χ2n) is 4.63. The molecule has 0 saturated heterocycles. The van der Waals surface area contributed by atoms with Gasteiger partial charge in [-0.3, -0.25) is 4.79 Å². The summed E-state index contributed by atoms with van der Waals surface area (Å²) in [6.07, 6.45) is 2.00. The second kappa shape index (κ2) is 5.90. The number of thioether (sulfide) groups is 1. The van der Waals surface area contributed by atoms with Crippen molar-refractivity contribution in [2.45, 2.75) is 24.2 Å². The minimum absolute atomic E-state index is 0.121. The molecule has 1 amide bonds. The number of thiazole rings is 1. The van der Waals surface area contributed by atoms with Gasteiger partial charge in [0.1, 0.15) is 0 Å². The topological polar surface area (TPSA) is 68.0 Å². The van der Waals surface area contributed by atoms with Crippen molar-refractivity contribution < 1.29 is 4.79 Å². The molecule has 6 heteroatoms. The van der Waals surface area contributed by atoms with Gasteiger partial charge in [0.2, 0.25) is 5.91 Å². The lowest BCUT2D eigenvalue weighted by molar-refractivity contribution is -0.118. The van der Waals surface area contributed by atoms with Crippen molar-refractivity contribution in [1.82, 2.24) is 4.98 Å². The van der Waals surface area contributed by atoms with Gasteiger partial charge < -0.3 is 11.1 Å². The number of anilines is 1. The summed E-state index contributed by atoms with van der Waals surface area (Å²) in [6, 6.07) is 5.23. The van der Waals surface area contributed by atoms with Crippen LogP contribution in [0.25, 0.3) is 10.2 Å². The van der Waals surface area contributed by atoms with Crippen molar-refractivity contribution in [2.75, 3.05) is 11.6 Å². The number of nitrogens with two attached hydrogens (primary N) is 1. The standard InChI is InChI=1S/C13H17N3OS2/c1-7(2)11(14)12(17)15-8-4-5-9-10(6-8)19-13(16-9)18-3/h4-7,11H,14H2,1-3H3,(H,15,17). The van der Waals surface area contributed by atoms with Crippen LogP contribution in [-0.2, 0) is 4.79 Å². The van der Waals surface area contributed by atoms with Crippen molar-refractivity contribution in [1.29, 1.82) is 0 Å². The van der Waals surface area contributed by atoms with Gasteiger partial charge in [0.25, 0.3) is 0 Å². The Bertz CT molecular complexity index is 595. The summed E-state index contributed by atoms with van der Waals surface area (Å²) in [6.45, 7) is 3.86. The number of carbonyl (C=O) groups is 1. The zero-order chi connectivity index (χ0) is 14.0. The third-order valence-electron chi connectivity index (χ3n) is 2.83. The van der Waals surface area contributed by atoms with E-state index < -0.39 is 6.04 Å². The average Bonchev–Trinajstić information content (AvgIpc) is 2.79. The minimum atomic E-state index is -0.487. The first-order valence-corrected chi connectivity index (χ1v) is 8.06. The normalized spacial score (nSPS) is 12.9. The van der Waals surface area contributed by atoms with Gasteiger partial charge in [0, 0.05) is 5.69 Å². The number of carbonyl (C=O) groups excluding carboxylic acids is 1. The number of nitrogens with zero attached hydrogens (tertiary/aromatic N) is 1. The molecule has 1 heterocycles. The van der Waals surface area contributed by atoms with Crippen LogP contribution in [-0.4, -0.2) is 23.2 Å². The Kier molecular flexibility index (Phi) is 4.44. The van der Waals surface area contributed by atoms with E-state index in [0.717, 1.165) is 20.2 Å². The SMILES string of the molecule is CSc1nc2ccc(NC(=O)C(N)C(C)C)cc2s1. The fourth-order valence-corrected chi connectivity index (χ4v) is 3.13. The van der Waals surface area contributed by atoms with Gasteiger partial charge in [-0.1, -0.05) is 25.6 Å². The van der Waals surface area contributed by atoms with Gasteiger partial charge in [-0.15, -0.1) is 11.3 Å². The maximum absolute atomic E-state index is 11.9. The summed E-state index contributed by atoms with van der Waals surface area (Å²) in [4.78, 5) is 16.4. The molecule has 0 saturated carbocycles. The highest BCUT2D eigenvalue weighted by molar-refractivity contribution is 8.00. The molecule has 2 aromatic rings. The predicted molar refractivity (Wildman–Crippen MR) is 82.8 cm³/mol. The number of aromatic nitrogens is 1. The van der Waals surface area contributed by atoms with Crippen molar-refractivity contribution in [2.24, 2.45) is 11.7 Å². The van der Waals surface area contributed by atoms with E-state index in [4.69, 9.17) is 5.73 Å². The molecule has 0 spiro atoms. The van der Waals surface area contributed by atoms with Gasteiger partial charge in [-0.25, -0.2) is 4.98 Å². The summed E-state index contributed by atoms with van der Waals surface area (Å²) in [5.74, 6) is -0.0285. The summed E-state index contributed by atoms with van der Waals surface area (Å²) in [5.41, 5.74) is 7.55. The largest absolute Gasteiger partial charge is 0.325 e. The van der Waals surface area contributed by atoms with Gasteiger partial charge in [-0.2, -0.15) is 0 Å². The van der Waals surface area contributed by atoms with Crippen LogP contribution in [0, 0.1) is 5.92 Å². The van der Waals surface area contributed by atoms with E-state index in [9.17, 15) is 4.79 Å². The molecule has 1 aromatic carbocycles. The zero-order valence-electron chi connectivity index (χ0n) is 11.1. The molecule has 3 N–H and O–H groups in total. The first kappa shape index (κ1) is 14.3. The molecule has 0 bridgehead atoms. The highest BCUT2D eigenvalue weighted by Gasteiger charge is 2.17. The Labute approximate surface area is 120 Å². The third-order valence-corrected chi connectivity index (χ3v) is 4.84. The molecule has 1 atom stereocenters. The van der Waals surface area contributed by atoms with E-state index in [1.54, 1.807) is 23.1 Å². The smallest absolute Gasteiger partial charge is 0.241 e. The Balaban J connectivity index is 2.19. The predicted octanol–water partition coefficient (Wildman–Crippen LogP) is 2.94. The number of hydrogen-bond acceptors (Lipinski definition) is 5. The summed E-state index contributed by atoms with van der Waals surface area (Å²) >= 11 is 3.25. The molecular formula is C13H17N3OS2. The van der Waals surface area contributed by atoms with Gasteiger partial charge >= 0.3 is 0 Å². The zero-order valence-corrected chi connectivity index (χ0v) is 12.8. The van der Waals surface area contributed by atoms with Crippen molar-refractivity contribution >= 4 is 44.9 Å². The van der Waals surface area contributed by atoms with Crippen LogP contribution in [0.15, 0.2) is 22.5 Å². The van der Waals surface area contributed by atoms with Crippen LogP contribution in [0.1, 0.15) is 13.8 Å². The van der Waals surface area contributed by atoms with Crippen molar-refractivity contribution in [3.05, 3.63) is 18.2 Å². The van der Waals surface area contributed by atoms with E-state index in [-0.39, 0.29) is 11.8 Å². The number of rotatable bonds is 4. The van der Waals surface area contributed by atoms with Gasteiger partial charge in [-0.05, 0) is 30.4 Å². The molecule has 4 nitrogen and oxygen atoms in total. The summed E-state index contributed by atoms with van der Waals surface area (Å²) < 4.78 is 2.10. The third kappa shape index (κ3) is 3.26. The quantitative estimate of drug-likeness (QED) is 0.851. The number of hydrogen-bond donors (Lipinski definition) is 2. The average molecular weight is 295 g/mol. The molecule has 0 aliphatic rings. The molecule has 0 aliphatic heterocycles. The summed E-state index contributed by atoms with van der Waals surface area (Å²) in [5, 5.41) is 2.85. The lowest BCUT2D eigenvalue weighted by Crippen LogP contribution is -2.39. The second-order valence-corrected chi connectivity index (χ2v) is 6.71. The van der Waals surface area contributed by atoms with Gasteiger partial charge in [0.05, 0.1) is 16.3 Å². The first-order chi connectivity index (χ1) is 9.01. The minimum Gasteiger partial charge on any atom is -0.325 e. The number of fused-ring (bicyclic) bond motifs is 1. The monoisotopic (exact) mass is 295 g/mol. The molecule has 102 valence electrons. The van der Waals surface area contributed by atoms with E-state index in [2.05, 4.69) is 10.3 Å². The highest BCUT2D eigenvalue weighted by atomic mass is 32.2. The van der Waals surface area contributed by atoms with Crippen LogP contribution in [0.4, 0.5) is 5.69 Å². The Morgan fingerprint density at radius 3 is 2.84 bits per heavy atom. The first-order valence-electron chi connectivity index (χ1n) is 6.02. The Morgan fingerprint density at radius 2 is 2.21 bits per heavy atom. The molecule has 0 radical (unpaired) electrons. The molecule has 1 aromatic heterocycles. The van der Waals surface area contributed by atoms with Crippen LogP contribution in [0.5, 0.6) is 0 Å². The number of nitrogens with one attached hydrogen (secondary N) is 1. The fraction of sp³-hybridized carbons (Fsp3) is 0.385. The van der Waals surface area contributed by atoms with E-state index in [1.165, 1.54) is 0 Å². The molecule has 1 unspecified atom stereocenters. The van der Waals surface area contributed by atoms with E-state index in [1.807, 2.05) is 38.3 Å². The lowest BCUT2D eigenvalue weighted by atomic mass is 10.1. The van der Waals surface area contributed by atoms with Crippen LogP contribution in [0.3, 0.4) is 0 Å². The molecule has 0 fully saturated rings. The Hall–Kier alpha value is -1.11. The Morgan fingerprint density at radius 1 is 1.47 bits per heavy atom. The van der Waals surface area contributed by atoms with Crippen molar-refractivity contribution in [3.63, 3.8) is 0 Å². The maximum atomic E-state index is 11.9. The van der Waals surface area contributed by atoms with Gasteiger partial charge in [0.15, 0.2) is 4.34 Å².